The third kappa shape index (κ3) is 3.09. The molecule has 0 saturated carbocycles. The van der Waals surface area contributed by atoms with Crippen LogP contribution in [0, 0.1) is 0 Å². The Labute approximate surface area is 129 Å². The van der Waals surface area contributed by atoms with Crippen molar-refractivity contribution in [3.8, 4) is 0 Å². The summed E-state index contributed by atoms with van der Waals surface area (Å²) < 4.78 is 0. The van der Waals surface area contributed by atoms with E-state index < -0.39 is 6.10 Å². The van der Waals surface area contributed by atoms with Crippen molar-refractivity contribution in [3.63, 3.8) is 0 Å². The minimum absolute atomic E-state index is 0.658. The van der Waals surface area contributed by atoms with Crippen LogP contribution in [0.1, 0.15) is 17.2 Å². The van der Waals surface area contributed by atoms with E-state index in [0.717, 1.165) is 49.5 Å². The number of aromatic nitrogens is 1. The third-order valence-electron chi connectivity index (χ3n) is 3.99. The predicted molar refractivity (Wildman–Crippen MR) is 84.6 cm³/mol. The number of pyridine rings is 1. The fourth-order valence-corrected chi connectivity index (χ4v) is 2.63. The molecule has 5 heteroatoms. The van der Waals surface area contributed by atoms with Crippen LogP contribution >= 0.6 is 0 Å². The quantitative estimate of drug-likeness (QED) is 0.868. The van der Waals surface area contributed by atoms with Gasteiger partial charge in [0.15, 0.2) is 0 Å². The van der Waals surface area contributed by atoms with Gasteiger partial charge in [0.2, 0.25) is 6.41 Å². The molecule has 2 aromatic rings. The maximum absolute atomic E-state index is 10.7. The number of amides is 1. The average Bonchev–Trinajstić information content (AvgIpc) is 2.62. The molecule has 0 spiro atoms. The molecule has 1 aromatic heterocycles. The van der Waals surface area contributed by atoms with Crippen molar-refractivity contribution in [1.29, 1.82) is 0 Å². The Hall–Kier alpha value is -2.40. The van der Waals surface area contributed by atoms with Gasteiger partial charge in [-0.2, -0.15) is 0 Å². The Morgan fingerprint density at radius 3 is 2.32 bits per heavy atom. The summed E-state index contributed by atoms with van der Waals surface area (Å²) in [5, 5.41) is 10.4. The summed E-state index contributed by atoms with van der Waals surface area (Å²) in [5.74, 6) is 0.884. The zero-order valence-electron chi connectivity index (χ0n) is 12.3. The molecule has 2 heterocycles. The second-order valence-electron chi connectivity index (χ2n) is 5.39. The van der Waals surface area contributed by atoms with Crippen LogP contribution in [0.4, 0.5) is 5.82 Å². The first-order valence-electron chi connectivity index (χ1n) is 7.41. The maximum atomic E-state index is 10.7. The van der Waals surface area contributed by atoms with Gasteiger partial charge in [-0.1, -0.05) is 36.4 Å². The number of hydrogen-bond donors (Lipinski definition) is 1. The molecule has 1 atom stereocenters. The van der Waals surface area contributed by atoms with E-state index in [9.17, 15) is 9.90 Å². The van der Waals surface area contributed by atoms with E-state index in [2.05, 4.69) is 9.88 Å². The Morgan fingerprint density at radius 2 is 1.73 bits per heavy atom. The number of carbonyl (C=O) groups is 1. The van der Waals surface area contributed by atoms with Gasteiger partial charge >= 0.3 is 0 Å². The monoisotopic (exact) mass is 297 g/mol. The number of hydrogen-bond acceptors (Lipinski definition) is 4. The Balaban J connectivity index is 1.69. The lowest BCUT2D eigenvalue weighted by Crippen LogP contribution is -2.46. The van der Waals surface area contributed by atoms with Crippen molar-refractivity contribution in [2.75, 3.05) is 31.1 Å². The molecule has 22 heavy (non-hydrogen) atoms. The van der Waals surface area contributed by atoms with E-state index in [4.69, 9.17) is 0 Å². The fourth-order valence-electron chi connectivity index (χ4n) is 2.63. The zero-order valence-corrected chi connectivity index (χ0v) is 12.3. The lowest BCUT2D eigenvalue weighted by atomic mass is 10.0. The molecule has 1 saturated heterocycles. The minimum Gasteiger partial charge on any atom is -0.384 e. The molecule has 5 nitrogen and oxygen atoms in total. The van der Waals surface area contributed by atoms with Crippen molar-refractivity contribution in [2.24, 2.45) is 0 Å². The van der Waals surface area contributed by atoms with Gasteiger partial charge in [0.25, 0.3) is 0 Å². The first kappa shape index (κ1) is 14.5. The number of benzene rings is 1. The number of anilines is 1. The largest absolute Gasteiger partial charge is 0.384 e. The maximum Gasteiger partial charge on any atom is 0.209 e. The highest BCUT2D eigenvalue weighted by atomic mass is 16.3. The molecule has 114 valence electrons. The van der Waals surface area contributed by atoms with Crippen LogP contribution in [0.25, 0.3) is 0 Å². The molecule has 1 amide bonds. The lowest BCUT2D eigenvalue weighted by molar-refractivity contribution is -0.118. The number of piperazine rings is 1. The number of rotatable bonds is 4. The zero-order chi connectivity index (χ0) is 15.4. The van der Waals surface area contributed by atoms with E-state index in [-0.39, 0.29) is 0 Å². The van der Waals surface area contributed by atoms with E-state index >= 15 is 0 Å². The van der Waals surface area contributed by atoms with Crippen LogP contribution in [-0.4, -0.2) is 47.6 Å². The van der Waals surface area contributed by atoms with E-state index in [0.29, 0.717) is 0 Å². The van der Waals surface area contributed by atoms with Crippen LogP contribution in [0.2, 0.25) is 0 Å². The van der Waals surface area contributed by atoms with Gasteiger partial charge in [0, 0.05) is 37.9 Å². The van der Waals surface area contributed by atoms with Gasteiger partial charge < -0.3 is 14.9 Å². The molecule has 1 aromatic carbocycles. The van der Waals surface area contributed by atoms with Crippen molar-refractivity contribution >= 4 is 12.2 Å². The molecular weight excluding hydrogens is 278 g/mol. The fraction of sp³-hybridized carbons (Fsp3) is 0.294. The highest BCUT2D eigenvalue weighted by Gasteiger charge is 2.17. The molecule has 0 unspecified atom stereocenters. The second-order valence-corrected chi connectivity index (χ2v) is 5.39. The van der Waals surface area contributed by atoms with Crippen molar-refractivity contribution in [1.82, 2.24) is 9.88 Å². The Morgan fingerprint density at radius 1 is 1.00 bits per heavy atom. The first-order chi connectivity index (χ1) is 10.8. The summed E-state index contributed by atoms with van der Waals surface area (Å²) in [7, 11) is 0. The normalized spacial score (nSPS) is 16.4. The predicted octanol–water partition coefficient (Wildman–Crippen LogP) is 1.44. The van der Waals surface area contributed by atoms with Gasteiger partial charge in [0.05, 0.1) is 0 Å². The molecule has 1 aliphatic rings. The standard InChI is InChI=1S/C17H19N3O2/c21-13-19-8-10-20(11-9-19)16-7-6-15(12-18-16)17(22)14-4-2-1-3-5-14/h1-7,12-13,17,22H,8-11H2/t17-/m1/s1. The lowest BCUT2D eigenvalue weighted by Gasteiger charge is -2.33. The third-order valence-corrected chi connectivity index (χ3v) is 3.99. The minimum atomic E-state index is -0.658. The summed E-state index contributed by atoms with van der Waals surface area (Å²) in [6.45, 7) is 3.01. The molecular formula is C17H19N3O2. The summed E-state index contributed by atoms with van der Waals surface area (Å²) in [6.07, 6.45) is 1.96. The van der Waals surface area contributed by atoms with Crippen molar-refractivity contribution in [3.05, 3.63) is 59.8 Å². The van der Waals surface area contributed by atoms with Crippen LogP contribution in [0.15, 0.2) is 48.7 Å². The van der Waals surface area contributed by atoms with Crippen molar-refractivity contribution in [2.45, 2.75) is 6.10 Å². The number of aliphatic hydroxyl groups is 1. The molecule has 1 fully saturated rings. The molecule has 1 aliphatic heterocycles. The number of nitrogens with zero attached hydrogens (tertiary/aromatic N) is 3. The highest BCUT2D eigenvalue weighted by Crippen LogP contribution is 2.23. The van der Waals surface area contributed by atoms with Crippen molar-refractivity contribution < 1.29 is 9.90 Å². The summed E-state index contributed by atoms with van der Waals surface area (Å²) >= 11 is 0. The second kappa shape index (κ2) is 6.58. The van der Waals surface area contributed by atoms with Gasteiger partial charge in [-0.15, -0.1) is 0 Å². The van der Waals surface area contributed by atoms with E-state index in [1.807, 2.05) is 42.5 Å². The first-order valence-corrected chi connectivity index (χ1v) is 7.41. The SMILES string of the molecule is O=CN1CCN(c2ccc([C@H](O)c3ccccc3)cn2)CC1. The molecule has 0 radical (unpaired) electrons. The van der Waals surface area contributed by atoms with Gasteiger partial charge in [0.1, 0.15) is 11.9 Å². The summed E-state index contributed by atoms with van der Waals surface area (Å²) in [4.78, 5) is 19.1. The van der Waals surface area contributed by atoms with Crippen LogP contribution in [-0.2, 0) is 4.79 Å². The smallest absolute Gasteiger partial charge is 0.209 e. The van der Waals surface area contributed by atoms with Crippen LogP contribution < -0.4 is 4.90 Å². The number of aliphatic hydroxyl groups excluding tert-OH is 1. The van der Waals surface area contributed by atoms with Gasteiger partial charge in [-0.3, -0.25) is 4.79 Å². The summed E-state index contributed by atoms with van der Waals surface area (Å²) in [5.41, 5.74) is 1.64. The van der Waals surface area contributed by atoms with Crippen LogP contribution in [0.3, 0.4) is 0 Å². The van der Waals surface area contributed by atoms with E-state index in [1.54, 1.807) is 11.1 Å². The average molecular weight is 297 g/mol. The van der Waals surface area contributed by atoms with E-state index in [1.165, 1.54) is 0 Å². The Kier molecular flexibility index (Phi) is 4.34. The Bertz CT molecular complexity index is 608. The molecule has 1 N–H and O–H groups in total. The topological polar surface area (TPSA) is 56.7 Å². The number of carbonyl (C=O) groups excluding carboxylic acids is 1. The van der Waals surface area contributed by atoms with Gasteiger partial charge in [-0.05, 0) is 11.6 Å². The summed E-state index contributed by atoms with van der Waals surface area (Å²) in [6, 6.07) is 13.4. The van der Waals surface area contributed by atoms with Crippen LogP contribution in [0.5, 0.6) is 0 Å². The van der Waals surface area contributed by atoms with Gasteiger partial charge in [-0.25, -0.2) is 4.98 Å². The molecule has 3 rings (SSSR count). The highest BCUT2D eigenvalue weighted by molar-refractivity contribution is 5.49. The molecule has 0 bridgehead atoms. The molecule has 0 aliphatic carbocycles.